The number of nitrogens with two attached hydrogens (primary N) is 1. The van der Waals surface area contributed by atoms with Gasteiger partial charge in [0.2, 0.25) is 0 Å². The molecule has 23 heavy (non-hydrogen) atoms. The molecule has 1 aliphatic heterocycles. The van der Waals surface area contributed by atoms with E-state index in [9.17, 15) is 5.11 Å². The molecule has 1 aromatic carbocycles. The molecule has 4 rings (SSSR count). The van der Waals surface area contributed by atoms with Gasteiger partial charge in [0.1, 0.15) is 5.75 Å². The van der Waals surface area contributed by atoms with Gasteiger partial charge in [-0.15, -0.1) is 11.3 Å². The third-order valence-corrected chi connectivity index (χ3v) is 6.08. The predicted molar refractivity (Wildman–Crippen MR) is 95.4 cm³/mol. The van der Waals surface area contributed by atoms with Gasteiger partial charge in [-0.25, -0.2) is 4.98 Å². The first kappa shape index (κ1) is 15.0. The molecule has 2 heterocycles. The van der Waals surface area contributed by atoms with E-state index in [0.29, 0.717) is 11.8 Å². The number of nitrogens with zero attached hydrogens (tertiary/aromatic N) is 2. The number of benzene rings is 1. The molecule has 1 fully saturated rings. The van der Waals surface area contributed by atoms with Crippen molar-refractivity contribution in [3.8, 4) is 17.0 Å². The Balaban J connectivity index is 1.66. The summed E-state index contributed by atoms with van der Waals surface area (Å²) in [5.74, 6) is 0.445. The number of aryl methyl sites for hydroxylation is 1. The first-order valence-electron chi connectivity index (χ1n) is 8.44. The molecule has 0 atom stereocenters. The second kappa shape index (κ2) is 5.80. The highest BCUT2D eigenvalue weighted by Gasteiger charge is 2.23. The summed E-state index contributed by atoms with van der Waals surface area (Å²) in [5.41, 5.74) is 11.5. The third-order valence-electron chi connectivity index (χ3n) is 5.17. The number of piperidine rings is 1. The van der Waals surface area contributed by atoms with Crippen LogP contribution in [-0.2, 0) is 12.8 Å². The van der Waals surface area contributed by atoms with Crippen LogP contribution in [0.1, 0.15) is 36.0 Å². The average molecular weight is 329 g/mol. The van der Waals surface area contributed by atoms with Crippen molar-refractivity contribution in [2.45, 2.75) is 45.1 Å². The van der Waals surface area contributed by atoms with Crippen LogP contribution in [0.5, 0.6) is 5.75 Å². The highest BCUT2D eigenvalue weighted by atomic mass is 32.1. The van der Waals surface area contributed by atoms with Gasteiger partial charge in [-0.2, -0.15) is 0 Å². The summed E-state index contributed by atoms with van der Waals surface area (Å²) in [6.07, 6.45) is 5.27. The number of hydrogen-bond donors (Lipinski definition) is 2. The van der Waals surface area contributed by atoms with Crippen LogP contribution < -0.4 is 10.6 Å². The van der Waals surface area contributed by atoms with E-state index in [1.54, 1.807) is 11.3 Å². The number of aromatic nitrogens is 1. The average Bonchev–Trinajstić information content (AvgIpc) is 3.21. The lowest BCUT2D eigenvalue weighted by Crippen LogP contribution is -2.39. The minimum atomic E-state index is 0.328. The molecule has 0 radical (unpaired) electrons. The molecule has 5 heteroatoms. The quantitative estimate of drug-likeness (QED) is 0.888. The molecule has 1 aromatic heterocycles. The predicted octanol–water partition coefficient (Wildman–Crippen LogP) is 3.24. The molecule has 1 aliphatic carbocycles. The lowest BCUT2D eigenvalue weighted by Gasteiger charge is -2.29. The fraction of sp³-hybridized carbons (Fsp3) is 0.500. The number of phenols is 1. The Morgan fingerprint density at radius 3 is 2.78 bits per heavy atom. The van der Waals surface area contributed by atoms with E-state index >= 15 is 0 Å². The van der Waals surface area contributed by atoms with Crippen LogP contribution in [-0.4, -0.2) is 29.2 Å². The number of fused-ring (bicyclic) bond motifs is 1. The van der Waals surface area contributed by atoms with E-state index in [1.165, 1.54) is 11.1 Å². The number of rotatable bonds is 2. The van der Waals surface area contributed by atoms with E-state index < -0.39 is 0 Å². The maximum Gasteiger partial charge on any atom is 0.185 e. The zero-order valence-corrected chi connectivity index (χ0v) is 14.3. The number of phenolic OH excluding ortho intramolecular Hbond substituents is 1. The van der Waals surface area contributed by atoms with Gasteiger partial charge in [-0.1, -0.05) is 0 Å². The van der Waals surface area contributed by atoms with Crippen LogP contribution in [0.3, 0.4) is 0 Å². The highest BCUT2D eigenvalue weighted by molar-refractivity contribution is 7.14. The topological polar surface area (TPSA) is 62.4 Å². The van der Waals surface area contributed by atoms with Gasteiger partial charge in [0, 0.05) is 30.1 Å². The molecule has 122 valence electrons. The summed E-state index contributed by atoms with van der Waals surface area (Å²) in [6, 6.07) is 2.43. The van der Waals surface area contributed by atoms with Crippen molar-refractivity contribution in [2.75, 3.05) is 18.0 Å². The highest BCUT2D eigenvalue weighted by Crippen LogP contribution is 2.41. The van der Waals surface area contributed by atoms with Gasteiger partial charge in [-0.3, -0.25) is 0 Å². The van der Waals surface area contributed by atoms with Gasteiger partial charge in [-0.05, 0) is 61.8 Å². The summed E-state index contributed by atoms with van der Waals surface area (Å²) < 4.78 is 0. The summed E-state index contributed by atoms with van der Waals surface area (Å²) in [5, 5.41) is 13.8. The fourth-order valence-electron chi connectivity index (χ4n) is 3.79. The molecule has 0 unspecified atom stereocenters. The molecule has 3 N–H and O–H groups in total. The summed E-state index contributed by atoms with van der Waals surface area (Å²) in [4.78, 5) is 7.11. The Hall–Kier alpha value is -1.59. The van der Waals surface area contributed by atoms with Crippen LogP contribution in [0.25, 0.3) is 11.3 Å². The zero-order valence-electron chi connectivity index (χ0n) is 13.5. The first-order valence-corrected chi connectivity index (χ1v) is 9.32. The molecule has 2 aliphatic rings. The van der Waals surface area contributed by atoms with E-state index in [-0.39, 0.29) is 0 Å². The van der Waals surface area contributed by atoms with Crippen molar-refractivity contribution in [1.82, 2.24) is 4.98 Å². The standard InChI is InChI=1S/C18H23N3OS/c1-11-9-15(17(22)14-4-2-3-13(11)14)16-10-23-18(20-16)21-7-5-12(19)6-8-21/h9-10,12,22H,2-8,19H2,1H3. The normalized spacial score (nSPS) is 18.4. The third kappa shape index (κ3) is 2.62. The minimum Gasteiger partial charge on any atom is -0.507 e. The smallest absolute Gasteiger partial charge is 0.185 e. The zero-order chi connectivity index (χ0) is 16.0. The molecule has 0 spiro atoms. The Labute approximate surface area is 141 Å². The maximum absolute atomic E-state index is 10.7. The summed E-state index contributed by atoms with van der Waals surface area (Å²) >= 11 is 1.66. The number of thiazole rings is 1. The molecule has 0 saturated carbocycles. The number of anilines is 1. The molecule has 0 bridgehead atoms. The van der Waals surface area contributed by atoms with Crippen LogP contribution >= 0.6 is 11.3 Å². The first-order chi connectivity index (χ1) is 11.1. The SMILES string of the molecule is Cc1cc(-c2csc(N3CCC(N)CC3)n2)c(O)c2c1CCC2. The van der Waals surface area contributed by atoms with Crippen molar-refractivity contribution < 1.29 is 5.11 Å². The number of hydrogen-bond acceptors (Lipinski definition) is 5. The fourth-order valence-corrected chi connectivity index (χ4v) is 4.67. The molecular formula is C18H23N3OS. The Morgan fingerprint density at radius 1 is 1.26 bits per heavy atom. The van der Waals surface area contributed by atoms with Gasteiger partial charge in [0.15, 0.2) is 5.13 Å². The van der Waals surface area contributed by atoms with Crippen molar-refractivity contribution in [3.05, 3.63) is 28.1 Å². The molecule has 4 nitrogen and oxygen atoms in total. The summed E-state index contributed by atoms with van der Waals surface area (Å²) in [6.45, 7) is 4.10. The number of aromatic hydroxyl groups is 1. The molecule has 2 aromatic rings. The van der Waals surface area contributed by atoms with Gasteiger partial charge in [0.25, 0.3) is 0 Å². The lowest BCUT2D eigenvalue weighted by atomic mass is 9.98. The Morgan fingerprint density at radius 2 is 2.00 bits per heavy atom. The second-order valence-corrected chi connectivity index (χ2v) is 7.58. The van der Waals surface area contributed by atoms with Gasteiger partial charge < -0.3 is 15.7 Å². The van der Waals surface area contributed by atoms with Gasteiger partial charge >= 0.3 is 0 Å². The second-order valence-electron chi connectivity index (χ2n) is 6.74. The van der Waals surface area contributed by atoms with Crippen molar-refractivity contribution >= 4 is 16.5 Å². The lowest BCUT2D eigenvalue weighted by molar-refractivity contribution is 0.471. The van der Waals surface area contributed by atoms with Crippen LogP contribution in [0.15, 0.2) is 11.4 Å². The van der Waals surface area contributed by atoms with Crippen LogP contribution in [0.2, 0.25) is 0 Å². The van der Waals surface area contributed by atoms with E-state index in [0.717, 1.165) is 67.1 Å². The van der Waals surface area contributed by atoms with Crippen molar-refractivity contribution in [1.29, 1.82) is 0 Å². The Kier molecular flexibility index (Phi) is 3.77. The molecule has 0 amide bonds. The van der Waals surface area contributed by atoms with Gasteiger partial charge in [0.05, 0.1) is 5.69 Å². The van der Waals surface area contributed by atoms with Crippen molar-refractivity contribution in [3.63, 3.8) is 0 Å². The Bertz CT molecular complexity index is 732. The molecule has 1 saturated heterocycles. The van der Waals surface area contributed by atoms with E-state index in [2.05, 4.69) is 23.3 Å². The van der Waals surface area contributed by atoms with Crippen molar-refractivity contribution in [2.24, 2.45) is 5.73 Å². The van der Waals surface area contributed by atoms with Crippen LogP contribution in [0.4, 0.5) is 5.13 Å². The van der Waals surface area contributed by atoms with E-state index in [1.807, 2.05) is 0 Å². The minimum absolute atomic E-state index is 0.328. The largest absolute Gasteiger partial charge is 0.507 e. The monoisotopic (exact) mass is 329 g/mol. The molecular weight excluding hydrogens is 306 g/mol. The van der Waals surface area contributed by atoms with E-state index in [4.69, 9.17) is 10.7 Å². The van der Waals surface area contributed by atoms with Crippen LogP contribution in [0, 0.1) is 6.92 Å². The summed E-state index contributed by atoms with van der Waals surface area (Å²) in [7, 11) is 0. The maximum atomic E-state index is 10.7.